The molecule has 1 aromatic carbocycles. The van der Waals surface area contributed by atoms with E-state index in [1.807, 2.05) is 19.1 Å². The van der Waals surface area contributed by atoms with Gasteiger partial charge in [0.2, 0.25) is 0 Å². The van der Waals surface area contributed by atoms with Crippen LogP contribution in [0.5, 0.6) is 11.5 Å². The van der Waals surface area contributed by atoms with E-state index in [1.165, 1.54) is 0 Å². The number of carbonyl (C=O) groups excluding carboxylic acids is 1. The standard InChI is InChI=1S/C15H21NO5/c1-11-9-20-12(8-17)7-16(11)15(18)10-21-14-6-4-3-5-13(14)19-2/h3-6,11-12,17H,7-10H2,1-2H3. The largest absolute Gasteiger partial charge is 0.493 e. The minimum atomic E-state index is -0.323. The third-order valence-electron chi connectivity index (χ3n) is 3.45. The number of hydrogen-bond donors (Lipinski definition) is 1. The zero-order chi connectivity index (χ0) is 15.2. The highest BCUT2D eigenvalue weighted by atomic mass is 16.5. The molecule has 1 saturated heterocycles. The van der Waals surface area contributed by atoms with E-state index in [-0.39, 0.29) is 31.3 Å². The van der Waals surface area contributed by atoms with Gasteiger partial charge in [-0.1, -0.05) is 12.1 Å². The summed E-state index contributed by atoms with van der Waals surface area (Å²) in [5, 5.41) is 9.14. The van der Waals surface area contributed by atoms with Crippen LogP contribution in [-0.2, 0) is 9.53 Å². The van der Waals surface area contributed by atoms with E-state index < -0.39 is 0 Å². The number of aliphatic hydroxyl groups is 1. The molecule has 0 aliphatic carbocycles. The third kappa shape index (κ3) is 3.86. The molecule has 2 atom stereocenters. The Balaban J connectivity index is 1.94. The smallest absolute Gasteiger partial charge is 0.260 e. The van der Waals surface area contributed by atoms with Crippen LogP contribution < -0.4 is 9.47 Å². The summed E-state index contributed by atoms with van der Waals surface area (Å²) in [6.07, 6.45) is -0.323. The fourth-order valence-corrected chi connectivity index (χ4v) is 2.24. The Morgan fingerprint density at radius 3 is 2.81 bits per heavy atom. The topological polar surface area (TPSA) is 68.2 Å². The molecule has 1 heterocycles. The highest BCUT2D eigenvalue weighted by Crippen LogP contribution is 2.25. The average molecular weight is 295 g/mol. The minimum Gasteiger partial charge on any atom is -0.493 e. The highest BCUT2D eigenvalue weighted by molar-refractivity contribution is 5.78. The van der Waals surface area contributed by atoms with Gasteiger partial charge in [-0.05, 0) is 19.1 Å². The Bertz CT molecular complexity index is 479. The van der Waals surface area contributed by atoms with Gasteiger partial charge < -0.3 is 24.2 Å². The average Bonchev–Trinajstić information content (AvgIpc) is 2.53. The third-order valence-corrected chi connectivity index (χ3v) is 3.45. The number of nitrogens with zero attached hydrogens (tertiary/aromatic N) is 1. The van der Waals surface area contributed by atoms with Gasteiger partial charge in [0.15, 0.2) is 18.1 Å². The Morgan fingerprint density at radius 1 is 1.43 bits per heavy atom. The lowest BCUT2D eigenvalue weighted by atomic mass is 10.2. The second-order valence-electron chi connectivity index (χ2n) is 4.97. The van der Waals surface area contributed by atoms with Crippen molar-refractivity contribution in [3.05, 3.63) is 24.3 Å². The second kappa shape index (κ2) is 7.28. The van der Waals surface area contributed by atoms with Crippen LogP contribution in [0, 0.1) is 0 Å². The summed E-state index contributed by atoms with van der Waals surface area (Å²) in [7, 11) is 1.56. The number of benzene rings is 1. The van der Waals surface area contributed by atoms with E-state index in [2.05, 4.69) is 0 Å². The lowest BCUT2D eigenvalue weighted by Gasteiger charge is -2.37. The van der Waals surface area contributed by atoms with Crippen LogP contribution in [-0.4, -0.2) is 61.5 Å². The summed E-state index contributed by atoms with van der Waals surface area (Å²) < 4.78 is 16.1. The van der Waals surface area contributed by atoms with Gasteiger partial charge in [-0.15, -0.1) is 0 Å². The molecule has 2 unspecified atom stereocenters. The summed E-state index contributed by atoms with van der Waals surface area (Å²) in [5.41, 5.74) is 0. The van der Waals surface area contributed by atoms with Crippen LogP contribution in [0.1, 0.15) is 6.92 Å². The molecule has 1 aliphatic heterocycles. The molecular formula is C15H21NO5. The molecule has 1 N–H and O–H groups in total. The number of aliphatic hydroxyl groups excluding tert-OH is 1. The van der Waals surface area contributed by atoms with Crippen LogP contribution in [0.4, 0.5) is 0 Å². The Kier molecular flexibility index (Phi) is 5.41. The molecule has 6 nitrogen and oxygen atoms in total. The first-order valence-electron chi connectivity index (χ1n) is 6.93. The van der Waals surface area contributed by atoms with Crippen molar-refractivity contribution in [3.8, 4) is 11.5 Å². The number of hydrogen-bond acceptors (Lipinski definition) is 5. The van der Waals surface area contributed by atoms with E-state index in [1.54, 1.807) is 24.1 Å². The van der Waals surface area contributed by atoms with Gasteiger partial charge in [0.05, 0.1) is 32.5 Å². The normalized spacial score (nSPS) is 22.0. The van der Waals surface area contributed by atoms with Crippen molar-refractivity contribution in [1.82, 2.24) is 4.90 Å². The Labute approximate surface area is 124 Å². The summed E-state index contributed by atoms with van der Waals surface area (Å²) >= 11 is 0. The predicted molar refractivity (Wildman–Crippen MR) is 76.5 cm³/mol. The van der Waals surface area contributed by atoms with E-state index in [0.29, 0.717) is 24.7 Å². The molecule has 1 fully saturated rings. The van der Waals surface area contributed by atoms with Crippen LogP contribution in [0.3, 0.4) is 0 Å². The summed E-state index contributed by atoms with van der Waals surface area (Å²) in [6.45, 7) is 2.55. The second-order valence-corrected chi connectivity index (χ2v) is 4.97. The number of methoxy groups -OCH3 is 1. The van der Waals surface area contributed by atoms with Crippen LogP contribution in [0.15, 0.2) is 24.3 Å². The molecule has 0 radical (unpaired) electrons. The SMILES string of the molecule is COc1ccccc1OCC(=O)N1CC(CO)OCC1C. The monoisotopic (exact) mass is 295 g/mol. The summed E-state index contributed by atoms with van der Waals surface area (Å²) in [6, 6.07) is 7.16. The summed E-state index contributed by atoms with van der Waals surface area (Å²) in [4.78, 5) is 13.9. The lowest BCUT2D eigenvalue weighted by Crippen LogP contribution is -2.53. The van der Waals surface area contributed by atoms with E-state index in [0.717, 1.165) is 0 Å². The molecule has 0 bridgehead atoms. The molecule has 0 spiro atoms. The minimum absolute atomic E-state index is 0.0263. The summed E-state index contributed by atoms with van der Waals surface area (Å²) in [5.74, 6) is 0.997. The molecular weight excluding hydrogens is 274 g/mol. The molecule has 21 heavy (non-hydrogen) atoms. The van der Waals surface area contributed by atoms with Gasteiger partial charge in [0.25, 0.3) is 5.91 Å². The Hall–Kier alpha value is -1.79. The van der Waals surface area contributed by atoms with E-state index in [4.69, 9.17) is 19.3 Å². The van der Waals surface area contributed by atoms with Crippen molar-refractivity contribution >= 4 is 5.91 Å². The van der Waals surface area contributed by atoms with Gasteiger partial charge in [-0.2, -0.15) is 0 Å². The first-order chi connectivity index (χ1) is 10.2. The maximum atomic E-state index is 12.3. The molecule has 1 amide bonds. The van der Waals surface area contributed by atoms with Crippen LogP contribution in [0.25, 0.3) is 0 Å². The molecule has 6 heteroatoms. The van der Waals surface area contributed by atoms with Crippen molar-refractivity contribution in [3.63, 3.8) is 0 Å². The van der Waals surface area contributed by atoms with Gasteiger partial charge in [0, 0.05) is 6.54 Å². The van der Waals surface area contributed by atoms with Crippen molar-refractivity contribution in [1.29, 1.82) is 0 Å². The highest BCUT2D eigenvalue weighted by Gasteiger charge is 2.29. The van der Waals surface area contributed by atoms with Gasteiger partial charge in [-0.25, -0.2) is 0 Å². The molecule has 1 aromatic rings. The maximum Gasteiger partial charge on any atom is 0.260 e. The van der Waals surface area contributed by atoms with Crippen molar-refractivity contribution in [2.24, 2.45) is 0 Å². The van der Waals surface area contributed by atoms with Crippen molar-refractivity contribution < 1.29 is 24.1 Å². The number of para-hydroxylation sites is 2. The lowest BCUT2D eigenvalue weighted by molar-refractivity contribution is -0.148. The first kappa shape index (κ1) is 15.6. The van der Waals surface area contributed by atoms with E-state index in [9.17, 15) is 4.79 Å². The molecule has 116 valence electrons. The van der Waals surface area contributed by atoms with Gasteiger partial charge in [0.1, 0.15) is 0 Å². The first-order valence-corrected chi connectivity index (χ1v) is 6.93. The fraction of sp³-hybridized carbons (Fsp3) is 0.533. The number of carbonyl (C=O) groups is 1. The van der Waals surface area contributed by atoms with Crippen molar-refractivity contribution in [2.45, 2.75) is 19.1 Å². The molecule has 2 rings (SSSR count). The number of ether oxygens (including phenoxy) is 3. The predicted octanol–water partition coefficient (Wildman–Crippen LogP) is 0.682. The number of amides is 1. The number of rotatable bonds is 5. The fourth-order valence-electron chi connectivity index (χ4n) is 2.24. The van der Waals surface area contributed by atoms with Crippen LogP contribution in [0.2, 0.25) is 0 Å². The molecule has 0 aromatic heterocycles. The zero-order valence-electron chi connectivity index (χ0n) is 12.3. The quantitative estimate of drug-likeness (QED) is 0.865. The molecule has 1 aliphatic rings. The van der Waals surface area contributed by atoms with Gasteiger partial charge >= 0.3 is 0 Å². The van der Waals surface area contributed by atoms with E-state index >= 15 is 0 Å². The molecule has 0 saturated carbocycles. The van der Waals surface area contributed by atoms with Gasteiger partial charge in [-0.3, -0.25) is 4.79 Å². The van der Waals surface area contributed by atoms with Crippen molar-refractivity contribution in [2.75, 3.05) is 33.5 Å². The Morgan fingerprint density at radius 2 is 2.14 bits per heavy atom. The van der Waals surface area contributed by atoms with Crippen LogP contribution >= 0.6 is 0 Å². The maximum absolute atomic E-state index is 12.3. The number of morpholine rings is 1. The zero-order valence-corrected chi connectivity index (χ0v) is 12.3.